The number of oxazole rings is 1. The number of fused-ring (bicyclic) bond motifs is 2. The summed E-state index contributed by atoms with van der Waals surface area (Å²) >= 11 is 6.50. The van der Waals surface area contributed by atoms with Crippen LogP contribution in [0.3, 0.4) is 0 Å². The Bertz CT molecular complexity index is 1650. The first-order valence-corrected chi connectivity index (χ1v) is 12.1. The Morgan fingerprint density at radius 1 is 1.06 bits per heavy atom. The van der Waals surface area contributed by atoms with Gasteiger partial charge < -0.3 is 9.40 Å². The van der Waals surface area contributed by atoms with Crippen LogP contribution in [0.4, 0.5) is 0 Å². The Labute approximate surface area is 194 Å². The number of aromatic amines is 1. The number of hydrogen-bond acceptors (Lipinski definition) is 4. The Balaban J connectivity index is 1.52. The summed E-state index contributed by atoms with van der Waals surface area (Å²) < 4.78 is 35.5. The number of hydrogen-bond donors (Lipinski definition) is 2. The molecule has 33 heavy (non-hydrogen) atoms. The molecule has 1 atom stereocenters. The van der Waals surface area contributed by atoms with Gasteiger partial charge in [0.05, 0.1) is 10.4 Å². The minimum Gasteiger partial charge on any atom is -0.408 e. The smallest absolute Gasteiger partial charge is 0.408 e. The number of aryl methyl sites for hydroxylation is 1. The molecule has 0 amide bonds. The summed E-state index contributed by atoms with van der Waals surface area (Å²) in [6, 6.07) is 19.6. The largest absolute Gasteiger partial charge is 0.419 e. The van der Waals surface area contributed by atoms with E-state index >= 15 is 0 Å². The normalized spacial score (nSPS) is 13.0. The molecule has 5 aromatic rings. The lowest BCUT2D eigenvalue weighted by Gasteiger charge is -2.19. The van der Waals surface area contributed by atoms with Crippen LogP contribution in [0.5, 0.6) is 0 Å². The van der Waals surface area contributed by atoms with Crippen molar-refractivity contribution in [3.05, 3.63) is 99.6 Å². The zero-order chi connectivity index (χ0) is 23.2. The third-order valence-electron chi connectivity index (χ3n) is 5.83. The van der Waals surface area contributed by atoms with E-state index in [-0.39, 0.29) is 22.9 Å². The lowest BCUT2D eigenvalue weighted by molar-refractivity contribution is 0.527. The number of sulfonamides is 1. The van der Waals surface area contributed by atoms with Gasteiger partial charge in [-0.2, -0.15) is 0 Å². The molecule has 0 saturated carbocycles. The number of rotatable bonds is 6. The SMILES string of the molecule is Cn1c(=O)oc2cc(S(=O)(=O)NCC(c3ccccc3Cl)c3c[nH]c4ccccc34)ccc21. The van der Waals surface area contributed by atoms with Crippen LogP contribution in [-0.2, 0) is 17.1 Å². The number of aromatic nitrogens is 2. The molecular formula is C24H20ClN3O4S. The maximum absolute atomic E-state index is 13.1. The first kappa shape index (κ1) is 21.5. The zero-order valence-corrected chi connectivity index (χ0v) is 19.2. The van der Waals surface area contributed by atoms with Crippen LogP contribution in [0.25, 0.3) is 22.0 Å². The molecule has 168 valence electrons. The molecule has 2 heterocycles. The Hall–Kier alpha value is -3.33. The van der Waals surface area contributed by atoms with Crippen molar-refractivity contribution >= 4 is 43.6 Å². The summed E-state index contributed by atoms with van der Waals surface area (Å²) in [6.45, 7) is 0.0880. The van der Waals surface area contributed by atoms with Gasteiger partial charge in [-0.25, -0.2) is 17.9 Å². The molecule has 5 rings (SSSR count). The Morgan fingerprint density at radius 2 is 1.82 bits per heavy atom. The van der Waals surface area contributed by atoms with Gasteiger partial charge in [0.25, 0.3) is 0 Å². The highest BCUT2D eigenvalue weighted by Gasteiger charge is 2.24. The molecule has 0 aliphatic carbocycles. The maximum atomic E-state index is 13.1. The quantitative estimate of drug-likeness (QED) is 0.376. The maximum Gasteiger partial charge on any atom is 0.419 e. The fraction of sp³-hybridized carbons (Fsp3) is 0.125. The summed E-state index contributed by atoms with van der Waals surface area (Å²) in [4.78, 5) is 15.0. The molecular weight excluding hydrogens is 462 g/mol. The van der Waals surface area contributed by atoms with E-state index in [9.17, 15) is 13.2 Å². The highest BCUT2D eigenvalue weighted by molar-refractivity contribution is 7.89. The van der Waals surface area contributed by atoms with Gasteiger partial charge in [-0.1, -0.05) is 48.0 Å². The van der Waals surface area contributed by atoms with Gasteiger partial charge in [0.1, 0.15) is 0 Å². The summed E-state index contributed by atoms with van der Waals surface area (Å²) in [6.07, 6.45) is 1.89. The van der Waals surface area contributed by atoms with E-state index in [1.807, 2.05) is 48.7 Å². The molecule has 2 N–H and O–H groups in total. The molecule has 2 aromatic heterocycles. The monoisotopic (exact) mass is 481 g/mol. The standard InChI is InChI=1S/C24H20ClN3O4S/c1-28-22-11-10-15(12-23(22)32-24(28)29)33(30,31)27-14-19(16-6-2-4-8-20(16)25)18-13-26-21-9-5-3-7-17(18)21/h2-13,19,26-27H,14H2,1H3. The molecule has 3 aromatic carbocycles. The first-order chi connectivity index (χ1) is 15.8. The molecule has 0 aliphatic heterocycles. The van der Waals surface area contributed by atoms with Crippen LogP contribution in [0.1, 0.15) is 17.0 Å². The van der Waals surface area contributed by atoms with E-state index in [2.05, 4.69) is 9.71 Å². The molecule has 9 heteroatoms. The topological polar surface area (TPSA) is 97.1 Å². The van der Waals surface area contributed by atoms with Gasteiger partial charge in [-0.3, -0.25) is 4.57 Å². The predicted octanol–water partition coefficient (Wildman–Crippen LogP) is 4.38. The van der Waals surface area contributed by atoms with Crippen molar-refractivity contribution in [2.24, 2.45) is 7.05 Å². The molecule has 0 bridgehead atoms. The van der Waals surface area contributed by atoms with E-state index in [0.717, 1.165) is 22.0 Å². The number of halogens is 1. The van der Waals surface area contributed by atoms with Crippen molar-refractivity contribution in [2.75, 3.05) is 6.54 Å². The van der Waals surface area contributed by atoms with Crippen molar-refractivity contribution in [1.29, 1.82) is 0 Å². The van der Waals surface area contributed by atoms with Crippen molar-refractivity contribution in [1.82, 2.24) is 14.3 Å². The third-order valence-corrected chi connectivity index (χ3v) is 7.59. The molecule has 0 fully saturated rings. The highest BCUT2D eigenvalue weighted by atomic mass is 35.5. The second kappa shape index (κ2) is 8.22. The van der Waals surface area contributed by atoms with Crippen molar-refractivity contribution in [3.8, 4) is 0 Å². The molecule has 0 aliphatic rings. The predicted molar refractivity (Wildman–Crippen MR) is 128 cm³/mol. The number of nitrogens with one attached hydrogen (secondary N) is 2. The third kappa shape index (κ3) is 3.86. The second-order valence-electron chi connectivity index (χ2n) is 7.77. The average Bonchev–Trinajstić information content (AvgIpc) is 3.36. The Morgan fingerprint density at radius 3 is 2.64 bits per heavy atom. The van der Waals surface area contributed by atoms with Crippen LogP contribution in [-0.4, -0.2) is 24.5 Å². The van der Waals surface area contributed by atoms with Gasteiger partial charge in [0.15, 0.2) is 5.58 Å². The summed E-state index contributed by atoms with van der Waals surface area (Å²) in [5.41, 5.74) is 3.44. The first-order valence-electron chi connectivity index (χ1n) is 10.2. The number of H-pyrrole nitrogens is 1. The van der Waals surface area contributed by atoms with Crippen LogP contribution in [0, 0.1) is 0 Å². The molecule has 0 spiro atoms. The van der Waals surface area contributed by atoms with Crippen LogP contribution < -0.4 is 10.5 Å². The van der Waals surface area contributed by atoms with Gasteiger partial charge in [-0.05, 0) is 35.4 Å². The zero-order valence-electron chi connectivity index (χ0n) is 17.6. The van der Waals surface area contributed by atoms with Crippen molar-refractivity contribution in [2.45, 2.75) is 10.8 Å². The van der Waals surface area contributed by atoms with Gasteiger partial charge >= 0.3 is 5.76 Å². The molecule has 0 saturated heterocycles. The molecule has 1 unspecified atom stereocenters. The van der Waals surface area contributed by atoms with Crippen molar-refractivity contribution in [3.63, 3.8) is 0 Å². The number of benzene rings is 3. The molecule has 0 radical (unpaired) electrons. The van der Waals surface area contributed by atoms with E-state index in [0.29, 0.717) is 10.5 Å². The average molecular weight is 482 g/mol. The number of nitrogens with zero attached hydrogens (tertiary/aromatic N) is 1. The lowest BCUT2D eigenvalue weighted by atomic mass is 9.91. The van der Waals surface area contributed by atoms with Crippen molar-refractivity contribution < 1.29 is 12.8 Å². The van der Waals surface area contributed by atoms with Crippen LogP contribution >= 0.6 is 11.6 Å². The van der Waals surface area contributed by atoms with Gasteiger partial charge in [0.2, 0.25) is 10.0 Å². The fourth-order valence-corrected chi connectivity index (χ4v) is 5.41. The highest BCUT2D eigenvalue weighted by Crippen LogP contribution is 2.34. The summed E-state index contributed by atoms with van der Waals surface area (Å²) in [5.74, 6) is -0.881. The van der Waals surface area contributed by atoms with Gasteiger partial charge in [-0.15, -0.1) is 0 Å². The van der Waals surface area contributed by atoms with E-state index in [1.54, 1.807) is 19.2 Å². The fourth-order valence-electron chi connectivity index (χ4n) is 4.09. The summed E-state index contributed by atoms with van der Waals surface area (Å²) in [5, 5.41) is 1.55. The second-order valence-corrected chi connectivity index (χ2v) is 9.95. The molecule has 7 nitrogen and oxygen atoms in total. The minimum atomic E-state index is -3.89. The minimum absolute atomic E-state index is 0.0150. The van der Waals surface area contributed by atoms with E-state index in [1.165, 1.54) is 16.7 Å². The summed E-state index contributed by atoms with van der Waals surface area (Å²) in [7, 11) is -2.32. The number of para-hydroxylation sites is 1. The van der Waals surface area contributed by atoms with Crippen LogP contribution in [0.2, 0.25) is 5.02 Å². The van der Waals surface area contributed by atoms with Crippen LogP contribution in [0.15, 0.2) is 87.0 Å². The van der Waals surface area contributed by atoms with Gasteiger partial charge in [0, 0.05) is 47.7 Å². The van der Waals surface area contributed by atoms with E-state index in [4.69, 9.17) is 16.0 Å². The van der Waals surface area contributed by atoms with E-state index < -0.39 is 15.8 Å². The lowest BCUT2D eigenvalue weighted by Crippen LogP contribution is -2.29. The Kier molecular flexibility index (Phi) is 5.36.